The van der Waals surface area contributed by atoms with Crippen molar-refractivity contribution in [2.45, 2.75) is 56.8 Å². The molecule has 0 aliphatic rings. The van der Waals surface area contributed by atoms with Gasteiger partial charge in [0, 0.05) is 23.5 Å². The molecule has 4 atom stereocenters. The Morgan fingerprint density at radius 3 is 1.97 bits per heavy atom. The van der Waals surface area contributed by atoms with E-state index in [1.165, 1.54) is 6.92 Å². The van der Waals surface area contributed by atoms with E-state index in [1.807, 2.05) is 24.3 Å². The number of ether oxygens (including phenoxy) is 1. The number of fused-ring (bicyclic) bond motifs is 1. The topological polar surface area (TPSA) is 284 Å². The van der Waals surface area contributed by atoms with Crippen molar-refractivity contribution in [1.82, 2.24) is 4.98 Å². The summed E-state index contributed by atoms with van der Waals surface area (Å²) in [5, 5.41) is 24.8. The standard InChI is InChI=1S/C17H24N4O3.C3H7NO3.C3H7NO2/c18-8-4-3-6-13(19)16(22)24-17(23)14(20)9-11-10-21-15-7-2-1-5-12(11)15;4-2(1-5)3(6)7;1-2(4)3(5)6/h1-2,5,7,10,13-14,21H,3-4,6,8-9,18-20H2;2,5H,1,4H2,(H,6,7);2H,4H2,1H3,(H,5,6)/t13-,14-;2*2-/m010/s1. The fourth-order valence-corrected chi connectivity index (χ4v) is 2.58. The summed E-state index contributed by atoms with van der Waals surface area (Å²) >= 11 is 0. The molecule has 0 saturated carbocycles. The summed E-state index contributed by atoms with van der Waals surface area (Å²) in [6, 6.07) is 4.09. The zero-order valence-electron chi connectivity index (χ0n) is 20.7. The largest absolute Gasteiger partial charge is 0.480 e. The smallest absolute Gasteiger partial charge is 0.330 e. The van der Waals surface area contributed by atoms with Crippen LogP contribution in [0.15, 0.2) is 30.5 Å². The quantitative estimate of drug-likeness (QED) is 0.0904. The Bertz CT molecular complexity index is 997. The molecule has 0 aliphatic heterocycles. The summed E-state index contributed by atoms with van der Waals surface area (Å²) in [6.07, 6.45) is 4.00. The molecule has 14 N–H and O–H groups in total. The van der Waals surface area contributed by atoms with Gasteiger partial charge < -0.3 is 53.7 Å². The first-order valence-electron chi connectivity index (χ1n) is 11.4. The predicted molar refractivity (Wildman–Crippen MR) is 136 cm³/mol. The van der Waals surface area contributed by atoms with E-state index in [1.54, 1.807) is 6.20 Å². The van der Waals surface area contributed by atoms with E-state index in [-0.39, 0.29) is 6.42 Å². The van der Waals surface area contributed by atoms with Gasteiger partial charge in [-0.25, -0.2) is 9.59 Å². The number of rotatable bonds is 11. The Balaban J connectivity index is 0.000000822. The van der Waals surface area contributed by atoms with Crippen molar-refractivity contribution >= 4 is 34.8 Å². The molecule has 0 bridgehead atoms. The van der Waals surface area contributed by atoms with Crippen LogP contribution in [-0.2, 0) is 30.3 Å². The van der Waals surface area contributed by atoms with Crippen LogP contribution in [0.4, 0.5) is 0 Å². The van der Waals surface area contributed by atoms with E-state index in [0.717, 1.165) is 22.9 Å². The zero-order valence-corrected chi connectivity index (χ0v) is 20.7. The number of hydrogen-bond acceptors (Lipinski definition) is 11. The SMILES string of the molecule is C[C@H](N)C(=O)O.NCCCC[C@H](N)C(=O)OC(=O)[C@@H](N)Cc1c[nH]c2ccccc12.N[C@H](CO)C(=O)O. The lowest BCUT2D eigenvalue weighted by atomic mass is 10.1. The van der Waals surface area contributed by atoms with E-state index < -0.39 is 54.7 Å². The van der Waals surface area contributed by atoms with E-state index in [0.29, 0.717) is 19.4 Å². The summed E-state index contributed by atoms with van der Waals surface area (Å²) in [5.41, 5.74) is 28.4. The number of benzene rings is 1. The number of esters is 2. The van der Waals surface area contributed by atoms with Gasteiger partial charge in [-0.2, -0.15) is 0 Å². The highest BCUT2D eigenvalue weighted by molar-refractivity contribution is 5.91. The second kappa shape index (κ2) is 17.9. The first kappa shape index (κ1) is 33.6. The number of aliphatic carboxylic acids is 2. The van der Waals surface area contributed by atoms with Crippen LogP contribution >= 0.6 is 0 Å². The average Bonchev–Trinajstić information content (AvgIpc) is 3.26. The highest BCUT2D eigenvalue weighted by atomic mass is 16.6. The van der Waals surface area contributed by atoms with Gasteiger partial charge >= 0.3 is 23.9 Å². The Kier molecular flexibility index (Phi) is 16.3. The van der Waals surface area contributed by atoms with Crippen LogP contribution in [0, 0.1) is 0 Å². The average molecular weight is 527 g/mol. The number of unbranched alkanes of at least 4 members (excludes halogenated alkanes) is 1. The van der Waals surface area contributed by atoms with Crippen LogP contribution in [0.3, 0.4) is 0 Å². The van der Waals surface area contributed by atoms with Crippen molar-refractivity contribution in [2.75, 3.05) is 13.2 Å². The Morgan fingerprint density at radius 2 is 1.49 bits per heavy atom. The first-order chi connectivity index (χ1) is 17.3. The van der Waals surface area contributed by atoms with Crippen molar-refractivity contribution in [3.05, 3.63) is 36.0 Å². The van der Waals surface area contributed by atoms with Crippen molar-refractivity contribution in [3.63, 3.8) is 0 Å². The third-order valence-electron chi connectivity index (χ3n) is 4.79. The molecule has 1 heterocycles. The summed E-state index contributed by atoms with van der Waals surface area (Å²) < 4.78 is 4.80. The summed E-state index contributed by atoms with van der Waals surface area (Å²) in [6.45, 7) is 1.45. The number of aliphatic hydroxyl groups is 1. The Hall–Kier alpha value is -3.40. The number of hydrogen-bond donors (Lipinski definition) is 9. The van der Waals surface area contributed by atoms with Crippen LogP contribution < -0.4 is 28.7 Å². The van der Waals surface area contributed by atoms with Crippen molar-refractivity contribution < 1.29 is 39.2 Å². The number of nitrogens with two attached hydrogens (primary N) is 5. The summed E-state index contributed by atoms with van der Waals surface area (Å²) in [7, 11) is 0. The van der Waals surface area contributed by atoms with Crippen molar-refractivity contribution in [3.8, 4) is 0 Å². The molecule has 0 aliphatic carbocycles. The number of aromatic amines is 1. The first-order valence-corrected chi connectivity index (χ1v) is 11.4. The predicted octanol–water partition coefficient (Wildman–Crippen LogP) is -1.63. The summed E-state index contributed by atoms with van der Waals surface area (Å²) in [4.78, 5) is 46.1. The maximum atomic E-state index is 12.0. The molecule has 208 valence electrons. The highest BCUT2D eigenvalue weighted by Crippen LogP contribution is 2.19. The maximum Gasteiger partial charge on any atom is 0.330 e. The molecule has 1 aromatic heterocycles. The van der Waals surface area contributed by atoms with E-state index in [9.17, 15) is 19.2 Å². The molecule has 37 heavy (non-hydrogen) atoms. The minimum Gasteiger partial charge on any atom is -0.480 e. The molecule has 1 aromatic carbocycles. The van der Waals surface area contributed by atoms with E-state index in [4.69, 9.17) is 48.7 Å². The third-order valence-corrected chi connectivity index (χ3v) is 4.79. The van der Waals surface area contributed by atoms with Crippen LogP contribution in [0.2, 0.25) is 0 Å². The summed E-state index contributed by atoms with van der Waals surface area (Å²) in [5.74, 6) is -3.65. The highest BCUT2D eigenvalue weighted by Gasteiger charge is 2.23. The zero-order chi connectivity index (χ0) is 28.5. The van der Waals surface area contributed by atoms with Gasteiger partial charge in [0.15, 0.2) is 0 Å². The van der Waals surface area contributed by atoms with Gasteiger partial charge in [-0.1, -0.05) is 24.6 Å². The van der Waals surface area contributed by atoms with Crippen LogP contribution in [0.25, 0.3) is 10.9 Å². The Labute approximate surface area is 214 Å². The molecular formula is C23H38N6O8. The molecule has 2 aromatic rings. The molecule has 14 heteroatoms. The van der Waals surface area contributed by atoms with Gasteiger partial charge in [-0.05, 0) is 37.9 Å². The monoisotopic (exact) mass is 526 g/mol. The van der Waals surface area contributed by atoms with Gasteiger partial charge in [0.05, 0.1) is 6.61 Å². The van der Waals surface area contributed by atoms with Crippen LogP contribution in [0.1, 0.15) is 31.7 Å². The minimum absolute atomic E-state index is 0.276. The lowest BCUT2D eigenvalue weighted by Crippen LogP contribution is -2.40. The van der Waals surface area contributed by atoms with Crippen molar-refractivity contribution in [2.24, 2.45) is 28.7 Å². The molecule has 0 amide bonds. The van der Waals surface area contributed by atoms with Crippen LogP contribution in [-0.4, -0.2) is 81.5 Å². The lowest BCUT2D eigenvalue weighted by Gasteiger charge is -2.13. The van der Waals surface area contributed by atoms with Crippen LogP contribution in [0.5, 0.6) is 0 Å². The van der Waals surface area contributed by atoms with E-state index >= 15 is 0 Å². The molecular weight excluding hydrogens is 488 g/mol. The normalized spacial score (nSPS) is 13.6. The molecule has 14 nitrogen and oxygen atoms in total. The molecule has 0 spiro atoms. The molecule has 2 rings (SSSR count). The van der Waals surface area contributed by atoms with Gasteiger partial charge in [-0.3, -0.25) is 9.59 Å². The van der Waals surface area contributed by atoms with Gasteiger partial charge in [0.2, 0.25) is 0 Å². The van der Waals surface area contributed by atoms with Gasteiger partial charge in [0.25, 0.3) is 0 Å². The lowest BCUT2D eigenvalue weighted by molar-refractivity contribution is -0.161. The Morgan fingerprint density at radius 1 is 0.919 bits per heavy atom. The fraction of sp³-hybridized carbons (Fsp3) is 0.478. The number of para-hydroxylation sites is 1. The molecule has 0 unspecified atom stereocenters. The number of aromatic nitrogens is 1. The third kappa shape index (κ3) is 13.5. The van der Waals surface area contributed by atoms with Gasteiger partial charge in [0.1, 0.15) is 24.2 Å². The number of carboxylic acid groups (broad SMARTS) is 2. The molecule has 0 radical (unpaired) electrons. The number of nitrogens with one attached hydrogen (secondary N) is 1. The van der Waals surface area contributed by atoms with Gasteiger partial charge in [-0.15, -0.1) is 0 Å². The maximum absolute atomic E-state index is 12.0. The second-order valence-corrected chi connectivity index (χ2v) is 8.06. The number of carboxylic acids is 2. The number of carbonyl (C=O) groups excluding carboxylic acids is 2. The molecule has 0 saturated heterocycles. The number of carbonyl (C=O) groups is 4. The fourth-order valence-electron chi connectivity index (χ4n) is 2.58. The van der Waals surface area contributed by atoms with Crippen molar-refractivity contribution in [1.29, 1.82) is 0 Å². The van der Waals surface area contributed by atoms with E-state index in [2.05, 4.69) is 4.98 Å². The number of H-pyrrole nitrogens is 1. The second-order valence-electron chi connectivity index (χ2n) is 8.06. The minimum atomic E-state index is -1.18. The number of aliphatic hydroxyl groups excluding tert-OH is 1. The molecule has 0 fully saturated rings.